The van der Waals surface area contributed by atoms with Gasteiger partial charge < -0.3 is 190 Å². The van der Waals surface area contributed by atoms with Gasteiger partial charge in [0, 0.05) is 20.3 Å². The van der Waals surface area contributed by atoms with Gasteiger partial charge in [0.2, 0.25) is 17.7 Å². The van der Waals surface area contributed by atoms with Gasteiger partial charge in [-0.2, -0.15) is 0 Å². The largest absolute Gasteiger partial charge is 0.477 e. The molecule has 6 saturated heterocycles. The zero-order chi connectivity index (χ0) is 69.4. The van der Waals surface area contributed by atoms with Crippen molar-refractivity contribution in [2.24, 2.45) is 0 Å². The molecule has 35 atom stereocenters. The number of nitrogens with one attached hydrogen (secondary N) is 3. The van der Waals surface area contributed by atoms with E-state index in [0.29, 0.717) is 0 Å². The Bertz CT molecular complexity index is 2360. The Kier molecular flexibility index (Phi) is 29.0. The molecule has 0 unspecified atom stereocenters. The van der Waals surface area contributed by atoms with Crippen LogP contribution >= 0.6 is 0 Å². The third-order valence-corrected chi connectivity index (χ3v) is 16.4. The first kappa shape index (κ1) is 78.5. The number of hydrogen-bond acceptors (Lipinski definition) is 38. The Morgan fingerprint density at radius 1 is 0.516 bits per heavy atom. The smallest absolute Gasteiger partial charge is 0.364 e. The maximum atomic E-state index is 13.2. The molecule has 0 saturated carbocycles. The Hall–Kier alpha value is -3.48. The van der Waals surface area contributed by atoms with Gasteiger partial charge in [-0.05, 0) is 6.92 Å². The van der Waals surface area contributed by atoms with E-state index in [1.165, 1.54) is 6.92 Å². The minimum absolute atomic E-state index is 0.910. The van der Waals surface area contributed by atoms with Crippen molar-refractivity contribution in [1.29, 1.82) is 0 Å². The molecule has 6 aliphatic rings. The molecule has 0 aromatic rings. The number of hydrogen-bond donors (Lipinski definition) is 26. The summed E-state index contributed by atoms with van der Waals surface area (Å²) in [4.78, 5) is 50.8. The van der Waals surface area contributed by atoms with Crippen molar-refractivity contribution in [3.8, 4) is 0 Å². The van der Waals surface area contributed by atoms with Crippen LogP contribution < -0.4 is 16.0 Å². The highest BCUT2D eigenvalue weighted by Crippen LogP contribution is 2.39. The monoisotopic (exact) mass is 1370 g/mol. The normalized spacial score (nSPS) is 43.6. The fourth-order valence-electron chi connectivity index (χ4n) is 11.3. The van der Waals surface area contributed by atoms with Crippen molar-refractivity contribution in [3.63, 3.8) is 0 Å². The number of aliphatic carboxylic acids is 1. The number of carboxylic acids is 1. The summed E-state index contributed by atoms with van der Waals surface area (Å²) >= 11 is 0. The lowest BCUT2D eigenvalue weighted by atomic mass is 9.88. The minimum atomic E-state index is -3.17. The zero-order valence-electron chi connectivity index (χ0n) is 49.8. The quantitative estimate of drug-likeness (QED) is 0.0331. The van der Waals surface area contributed by atoms with E-state index in [-0.39, 0.29) is 0 Å². The lowest BCUT2D eigenvalue weighted by molar-refractivity contribution is -0.394. The van der Waals surface area contributed by atoms with Gasteiger partial charge in [-0.15, -0.1) is 0 Å². The molecule has 6 aliphatic heterocycles. The molecule has 3 amide bonds. The molecule has 0 bridgehead atoms. The predicted octanol–water partition coefficient (Wildman–Crippen LogP) is -17.0. The highest BCUT2D eigenvalue weighted by atomic mass is 16.8. The maximum absolute atomic E-state index is 13.2. The fraction of sp³-hybridized carbons (Fsp3) is 0.922. The van der Waals surface area contributed by atoms with Crippen molar-refractivity contribution in [2.45, 2.75) is 241 Å². The lowest BCUT2D eigenvalue weighted by Gasteiger charge is -2.52. The lowest BCUT2D eigenvalue weighted by Crippen LogP contribution is -2.71. The van der Waals surface area contributed by atoms with Gasteiger partial charge in [0.1, 0.15) is 159 Å². The van der Waals surface area contributed by atoms with Crippen LogP contribution in [0.1, 0.15) is 27.2 Å². The maximum Gasteiger partial charge on any atom is 0.364 e. The molecular weight excluding hydrogens is 1280 g/mol. The predicted molar refractivity (Wildman–Crippen MR) is 286 cm³/mol. The second-order valence-corrected chi connectivity index (χ2v) is 23.0. The minimum Gasteiger partial charge on any atom is -0.477 e. The average Bonchev–Trinajstić information content (AvgIpc) is 0.774. The summed E-state index contributed by atoms with van der Waals surface area (Å²) in [7, 11) is 0. The summed E-state index contributed by atoms with van der Waals surface area (Å²) in [5.74, 6) is -8.41. The van der Waals surface area contributed by atoms with Crippen LogP contribution in [0.25, 0.3) is 0 Å². The molecule has 93 heavy (non-hydrogen) atoms. The van der Waals surface area contributed by atoms with Crippen molar-refractivity contribution < 1.29 is 193 Å². The molecule has 0 radical (unpaired) electrons. The first-order valence-electron chi connectivity index (χ1n) is 29.2. The number of aliphatic hydroxyl groups is 22. The summed E-state index contributed by atoms with van der Waals surface area (Å²) in [5.41, 5.74) is 0. The summed E-state index contributed by atoms with van der Waals surface area (Å²) in [6, 6.07) is -5.70. The second kappa shape index (κ2) is 34.3. The third-order valence-electron chi connectivity index (χ3n) is 16.4. The SMILES string of the molecule is CC(=O)N[C@H]1[C@H](O[C@H]2[C@@H](O)[C@@H](CO)O[C@@H](O[C@@H]([C@@H](O)[C@H](O)CO[C@]3(C(=O)O)C[C@H](O)[C@@H](NC(=O)CO)[C@H]([C@H](O)[C@H](O)CO)O3)[C@H](CO)NC(C)=O)[C@@H]2O)O[C@H](CO)[C@@H](O[C@@H]2O[C@H](CO)[C@H](O[C@@H]3O[C@H](CO)[C@H](O)[C@H](O)[C@H]3O)[C@H](O)[C@H]2O)[C@@H]1O[C@@H]1O[C@@H](C)[C@@H](O)[C@@H](O)[C@@H]1O. The number of aliphatic hydroxyl groups excluding tert-OH is 22. The van der Waals surface area contributed by atoms with Gasteiger partial charge in [0.25, 0.3) is 5.79 Å². The first-order chi connectivity index (χ1) is 43.8. The summed E-state index contributed by atoms with van der Waals surface area (Å²) in [6.07, 6.45) is -66.1. The van der Waals surface area contributed by atoms with Crippen LogP contribution in [0.2, 0.25) is 0 Å². The topological polar surface area (TPSA) is 680 Å². The molecule has 42 nitrogen and oxygen atoms in total. The standard InChI is InChI=1S/C51H87N3O39/c1-13-27(68)32(73)35(76)46(83-13)91-43-26(53-15(3)63)45(86-23(10-60)41(43)90-48-37(78)34(75)40(22(9-59)87-48)89-47-36(77)33(74)30(71)20(7-57)84-47)92-44-31(72)21(8-58)85-49(38(44)79)88-39(16(5-55)52-14(2)62)29(70)19(66)12-82-51(50(80)81)4-17(64)25(54-24(67)11-61)42(93-51)28(69)18(65)6-56/h13,16-23,25-49,55-61,64-66,68-79H,4-12H2,1-3H3,(H,52,62)(H,53,63)(H,54,67)(H,80,81)/t13-,16-,17-,18+,19+,20+,21+,22+,23+,25+,26+,27+,28+,29-,30-,31-,32+,33-,34+,35-,36+,37+,38+,39+,40-,41+,42+,43+,44-,45-,46-,47-,48-,49-,51+/m0/s1. The van der Waals surface area contributed by atoms with Crippen molar-refractivity contribution >= 4 is 23.7 Å². The third kappa shape index (κ3) is 17.9. The number of ether oxygens (including phenoxy) is 12. The van der Waals surface area contributed by atoms with E-state index in [2.05, 4.69) is 16.0 Å². The van der Waals surface area contributed by atoms with E-state index in [9.17, 15) is 137 Å². The van der Waals surface area contributed by atoms with Gasteiger partial charge in [0.05, 0.1) is 70.5 Å². The number of amides is 3. The zero-order valence-corrected chi connectivity index (χ0v) is 49.8. The van der Waals surface area contributed by atoms with Crippen LogP contribution in [0, 0.1) is 0 Å². The first-order valence-corrected chi connectivity index (χ1v) is 29.2. The molecule has 0 aliphatic carbocycles. The summed E-state index contributed by atoms with van der Waals surface area (Å²) in [5, 5.41) is 255. The van der Waals surface area contributed by atoms with E-state index < -0.39 is 297 Å². The Balaban J connectivity index is 1.31. The fourth-order valence-corrected chi connectivity index (χ4v) is 11.3. The average molecular weight is 1370 g/mol. The van der Waals surface area contributed by atoms with Gasteiger partial charge in [0.15, 0.2) is 31.5 Å². The van der Waals surface area contributed by atoms with E-state index in [0.717, 1.165) is 13.8 Å². The van der Waals surface area contributed by atoms with Gasteiger partial charge in [-0.3, -0.25) is 14.4 Å². The molecule has 26 N–H and O–H groups in total. The number of carbonyl (C=O) groups is 4. The molecular formula is C51H87N3O39. The second-order valence-electron chi connectivity index (χ2n) is 23.0. The summed E-state index contributed by atoms with van der Waals surface area (Å²) < 4.78 is 69.5. The van der Waals surface area contributed by atoms with Gasteiger partial charge in [-0.25, -0.2) is 4.79 Å². The van der Waals surface area contributed by atoms with Gasteiger partial charge in [-0.1, -0.05) is 0 Å². The molecule has 0 aromatic heterocycles. The van der Waals surface area contributed by atoms with E-state index >= 15 is 0 Å². The number of carboxylic acid groups (broad SMARTS) is 1. The Morgan fingerprint density at radius 2 is 1.02 bits per heavy atom. The van der Waals surface area contributed by atoms with E-state index in [1.54, 1.807) is 0 Å². The van der Waals surface area contributed by atoms with E-state index in [4.69, 9.17) is 56.8 Å². The Morgan fingerprint density at radius 3 is 1.57 bits per heavy atom. The summed E-state index contributed by atoms with van der Waals surface area (Å²) in [6.45, 7) is -6.37. The van der Waals surface area contributed by atoms with E-state index in [1.807, 2.05) is 0 Å². The molecule has 42 heteroatoms. The van der Waals surface area contributed by atoms with Crippen molar-refractivity contribution in [1.82, 2.24) is 16.0 Å². The van der Waals surface area contributed by atoms with Crippen LogP contribution in [0.4, 0.5) is 0 Å². The molecule has 540 valence electrons. The van der Waals surface area contributed by atoms with Gasteiger partial charge >= 0.3 is 5.97 Å². The van der Waals surface area contributed by atoms with Crippen LogP contribution in [0.5, 0.6) is 0 Å². The number of carbonyl (C=O) groups excluding carboxylic acids is 3. The van der Waals surface area contributed by atoms with Crippen molar-refractivity contribution in [3.05, 3.63) is 0 Å². The molecule has 0 aromatic carbocycles. The van der Waals surface area contributed by atoms with Crippen LogP contribution in [0.3, 0.4) is 0 Å². The highest BCUT2D eigenvalue weighted by molar-refractivity contribution is 5.78. The van der Waals surface area contributed by atoms with Crippen LogP contribution in [0.15, 0.2) is 0 Å². The number of rotatable bonds is 29. The van der Waals surface area contributed by atoms with Crippen LogP contribution in [-0.4, -0.2) is 408 Å². The molecule has 6 heterocycles. The van der Waals surface area contributed by atoms with Crippen LogP contribution in [-0.2, 0) is 76.0 Å². The molecule has 6 rings (SSSR count). The van der Waals surface area contributed by atoms with Crippen molar-refractivity contribution in [2.75, 3.05) is 52.9 Å². The highest BCUT2D eigenvalue weighted by Gasteiger charge is 2.60. The molecule has 0 spiro atoms. The molecule has 6 fully saturated rings. The Labute approximate surface area is 526 Å².